The lowest BCUT2D eigenvalue weighted by molar-refractivity contribution is -0.885. The van der Waals surface area contributed by atoms with Gasteiger partial charge >= 0.3 is 5.97 Å². The number of morpholine rings is 1. The number of carbonyl (C=O) groups is 2. The minimum absolute atomic E-state index is 0.0938. The summed E-state index contributed by atoms with van der Waals surface area (Å²) in [6, 6.07) is 7.53. The highest BCUT2D eigenvalue weighted by atomic mass is 16.5. The number of esters is 1. The van der Waals surface area contributed by atoms with Gasteiger partial charge in [0.25, 0.3) is 5.91 Å². The highest BCUT2D eigenvalue weighted by Crippen LogP contribution is 2.26. The highest BCUT2D eigenvalue weighted by molar-refractivity contribution is 5.96. The molecule has 1 atom stereocenters. The van der Waals surface area contributed by atoms with Crippen molar-refractivity contribution in [2.24, 2.45) is 0 Å². The van der Waals surface area contributed by atoms with Crippen LogP contribution in [0.2, 0.25) is 0 Å². The molecular weight excluding hydrogens is 336 g/mol. The largest absolute Gasteiger partial charge is 0.460 e. The smallest absolute Gasteiger partial charge is 0.374 e. The van der Waals surface area contributed by atoms with E-state index in [1.807, 2.05) is 36.2 Å². The summed E-state index contributed by atoms with van der Waals surface area (Å²) in [5, 5.41) is 0.883. The van der Waals surface area contributed by atoms with Crippen LogP contribution in [0.4, 0.5) is 0 Å². The van der Waals surface area contributed by atoms with Gasteiger partial charge in [0.05, 0.1) is 32.4 Å². The Kier molecular flexibility index (Phi) is 5.90. The standard InChI is InChI=1S/C19H24N2O5/c1-3-25-19(23)18-15(14-6-4-5-7-16(14)26-18)12-20(2)13-17(22)21-8-10-24-11-9-21/h4-7H,3,8-13H2,1-2H3/p+1. The van der Waals surface area contributed by atoms with E-state index in [0.717, 1.165) is 15.8 Å². The summed E-state index contributed by atoms with van der Waals surface area (Å²) in [5.41, 5.74) is 1.43. The Labute approximate surface area is 152 Å². The Morgan fingerprint density at radius 1 is 1.23 bits per heavy atom. The predicted molar refractivity (Wildman–Crippen MR) is 95.0 cm³/mol. The zero-order valence-electron chi connectivity index (χ0n) is 15.2. The number of hydrogen-bond acceptors (Lipinski definition) is 5. The third-order valence-electron chi connectivity index (χ3n) is 4.45. The van der Waals surface area contributed by atoms with Crippen LogP contribution in [0.15, 0.2) is 28.7 Å². The maximum Gasteiger partial charge on any atom is 0.374 e. The van der Waals surface area contributed by atoms with Crippen LogP contribution in [0.1, 0.15) is 23.0 Å². The Hall–Kier alpha value is -2.38. The molecule has 2 aromatic rings. The third-order valence-corrected chi connectivity index (χ3v) is 4.45. The van der Waals surface area contributed by atoms with E-state index in [1.54, 1.807) is 6.92 Å². The van der Waals surface area contributed by atoms with Crippen LogP contribution in [-0.2, 0) is 20.8 Å². The number of quaternary nitrogens is 1. The van der Waals surface area contributed by atoms with Gasteiger partial charge in [0.2, 0.25) is 5.76 Å². The summed E-state index contributed by atoms with van der Waals surface area (Å²) in [5.74, 6) is -0.145. The number of para-hydroxylation sites is 1. The summed E-state index contributed by atoms with van der Waals surface area (Å²) in [4.78, 5) is 27.5. The Balaban J connectivity index is 1.77. The molecule has 1 aromatic carbocycles. The lowest BCUT2D eigenvalue weighted by Gasteiger charge is -2.27. The molecule has 1 fully saturated rings. The van der Waals surface area contributed by atoms with E-state index in [-0.39, 0.29) is 18.3 Å². The molecule has 0 saturated carbocycles. The molecule has 1 N–H and O–H groups in total. The van der Waals surface area contributed by atoms with Gasteiger partial charge in [0.1, 0.15) is 12.1 Å². The Morgan fingerprint density at radius 2 is 1.96 bits per heavy atom. The average Bonchev–Trinajstić information content (AvgIpc) is 3.01. The lowest BCUT2D eigenvalue weighted by Crippen LogP contribution is -3.09. The first-order valence-electron chi connectivity index (χ1n) is 8.94. The quantitative estimate of drug-likeness (QED) is 0.758. The number of hydrogen-bond donors (Lipinski definition) is 1. The predicted octanol–water partition coefficient (Wildman–Crippen LogP) is 0.483. The molecule has 0 bridgehead atoms. The number of nitrogens with one attached hydrogen (secondary N) is 1. The number of nitrogens with zero attached hydrogens (tertiary/aromatic N) is 1. The summed E-state index contributed by atoms with van der Waals surface area (Å²) in [6.45, 7) is 5.34. The number of benzene rings is 1. The van der Waals surface area contributed by atoms with Crippen molar-refractivity contribution < 1.29 is 28.4 Å². The fourth-order valence-corrected chi connectivity index (χ4v) is 3.18. The van der Waals surface area contributed by atoms with Crippen LogP contribution < -0.4 is 4.90 Å². The van der Waals surface area contributed by atoms with Crippen LogP contribution in [-0.4, -0.2) is 63.3 Å². The third kappa shape index (κ3) is 4.05. The van der Waals surface area contributed by atoms with Crippen LogP contribution in [0.25, 0.3) is 11.0 Å². The monoisotopic (exact) mass is 361 g/mol. The van der Waals surface area contributed by atoms with Crippen molar-refractivity contribution in [3.05, 3.63) is 35.6 Å². The van der Waals surface area contributed by atoms with Crippen LogP contribution in [0.3, 0.4) is 0 Å². The molecule has 1 aromatic heterocycles. The van der Waals surface area contributed by atoms with Crippen molar-refractivity contribution in [1.82, 2.24) is 4.90 Å². The molecular formula is C19H25N2O5+. The first-order valence-corrected chi connectivity index (χ1v) is 8.94. The minimum atomic E-state index is -0.467. The van der Waals surface area contributed by atoms with Gasteiger partial charge < -0.3 is 23.7 Å². The highest BCUT2D eigenvalue weighted by Gasteiger charge is 2.26. The van der Waals surface area contributed by atoms with Gasteiger partial charge in [-0.25, -0.2) is 4.79 Å². The van der Waals surface area contributed by atoms with Crippen molar-refractivity contribution >= 4 is 22.8 Å². The van der Waals surface area contributed by atoms with Gasteiger partial charge in [0.15, 0.2) is 6.54 Å². The van der Waals surface area contributed by atoms with Crippen molar-refractivity contribution in [3.8, 4) is 0 Å². The van der Waals surface area contributed by atoms with Gasteiger partial charge in [-0.3, -0.25) is 4.79 Å². The zero-order chi connectivity index (χ0) is 18.5. The van der Waals surface area contributed by atoms with Crippen molar-refractivity contribution in [3.63, 3.8) is 0 Å². The van der Waals surface area contributed by atoms with Gasteiger partial charge in [0, 0.05) is 18.5 Å². The molecule has 1 saturated heterocycles. The number of rotatable bonds is 6. The van der Waals surface area contributed by atoms with Crippen LogP contribution in [0.5, 0.6) is 0 Å². The molecule has 1 aliphatic rings. The second-order valence-electron chi connectivity index (χ2n) is 6.43. The van der Waals surface area contributed by atoms with E-state index in [2.05, 4.69) is 0 Å². The molecule has 0 radical (unpaired) electrons. The van der Waals surface area contributed by atoms with Gasteiger partial charge in [-0.1, -0.05) is 18.2 Å². The summed E-state index contributed by atoms with van der Waals surface area (Å²) in [6.07, 6.45) is 0. The Morgan fingerprint density at radius 3 is 2.69 bits per heavy atom. The first-order chi connectivity index (χ1) is 12.6. The fourth-order valence-electron chi connectivity index (χ4n) is 3.18. The van der Waals surface area contributed by atoms with Crippen molar-refractivity contribution in [2.45, 2.75) is 13.5 Å². The van der Waals surface area contributed by atoms with E-state index in [9.17, 15) is 9.59 Å². The first kappa shape index (κ1) is 18.4. The zero-order valence-corrected chi connectivity index (χ0v) is 15.2. The molecule has 0 aliphatic carbocycles. The lowest BCUT2D eigenvalue weighted by atomic mass is 10.1. The van der Waals surface area contributed by atoms with E-state index in [4.69, 9.17) is 13.9 Å². The van der Waals surface area contributed by atoms with E-state index in [1.165, 1.54) is 0 Å². The summed E-state index contributed by atoms with van der Waals surface area (Å²) >= 11 is 0. The maximum atomic E-state index is 12.5. The Bertz CT molecular complexity index is 779. The van der Waals surface area contributed by atoms with Gasteiger partial charge in [-0.15, -0.1) is 0 Å². The maximum absolute atomic E-state index is 12.5. The van der Waals surface area contributed by atoms with Gasteiger partial charge in [-0.2, -0.15) is 0 Å². The molecule has 7 nitrogen and oxygen atoms in total. The molecule has 1 unspecified atom stereocenters. The number of ether oxygens (including phenoxy) is 2. The van der Waals surface area contributed by atoms with Crippen molar-refractivity contribution in [2.75, 3.05) is 46.5 Å². The minimum Gasteiger partial charge on any atom is -0.460 e. The molecule has 1 amide bonds. The molecule has 1 aliphatic heterocycles. The molecule has 3 rings (SSSR count). The second kappa shape index (κ2) is 8.33. The van der Waals surface area contributed by atoms with E-state index in [0.29, 0.717) is 45.0 Å². The van der Waals surface area contributed by atoms with E-state index < -0.39 is 5.97 Å². The summed E-state index contributed by atoms with van der Waals surface area (Å²) < 4.78 is 16.1. The number of amides is 1. The van der Waals surface area contributed by atoms with Crippen LogP contribution >= 0.6 is 0 Å². The molecule has 7 heteroatoms. The number of furan rings is 1. The average molecular weight is 361 g/mol. The second-order valence-corrected chi connectivity index (χ2v) is 6.43. The van der Waals surface area contributed by atoms with Crippen molar-refractivity contribution in [1.29, 1.82) is 0 Å². The van der Waals surface area contributed by atoms with E-state index >= 15 is 0 Å². The number of carbonyl (C=O) groups excluding carboxylic acids is 2. The topological polar surface area (TPSA) is 73.4 Å². The molecule has 26 heavy (non-hydrogen) atoms. The number of likely N-dealkylation sites (N-methyl/N-ethyl adjacent to an activating group) is 1. The SMILES string of the molecule is CCOC(=O)c1oc2ccccc2c1C[NH+](C)CC(=O)N1CCOCC1. The van der Waals surface area contributed by atoms with Gasteiger partial charge in [-0.05, 0) is 13.0 Å². The fraction of sp³-hybridized carbons (Fsp3) is 0.474. The van der Waals surface area contributed by atoms with Crippen LogP contribution in [0, 0.1) is 0 Å². The molecule has 2 heterocycles. The summed E-state index contributed by atoms with van der Waals surface area (Å²) in [7, 11) is 1.94. The molecule has 140 valence electrons. The number of fused-ring (bicyclic) bond motifs is 1. The molecule has 0 spiro atoms. The normalized spacial score (nSPS) is 15.8.